The van der Waals surface area contributed by atoms with E-state index in [1.54, 1.807) is 24.5 Å². The van der Waals surface area contributed by atoms with Crippen LogP contribution in [-0.2, 0) is 6.54 Å². The average molecular weight is 350 g/mol. The molecule has 0 saturated carbocycles. The van der Waals surface area contributed by atoms with Gasteiger partial charge >= 0.3 is 5.69 Å². The van der Waals surface area contributed by atoms with Crippen molar-refractivity contribution in [3.63, 3.8) is 0 Å². The SMILES string of the molecule is Cc1ncsc1CN1CC[C@H](O)[C@@H](n2cc(C)c(=O)[nH]c2=O)CC1. The Kier molecular flexibility index (Phi) is 4.98. The summed E-state index contributed by atoms with van der Waals surface area (Å²) in [5.74, 6) is 0. The van der Waals surface area contributed by atoms with E-state index >= 15 is 0 Å². The number of nitrogens with zero attached hydrogens (tertiary/aromatic N) is 3. The lowest BCUT2D eigenvalue weighted by atomic mass is 10.1. The highest BCUT2D eigenvalue weighted by atomic mass is 32.1. The normalized spacial score (nSPS) is 22.5. The van der Waals surface area contributed by atoms with Gasteiger partial charge in [-0.25, -0.2) is 9.78 Å². The number of H-pyrrole nitrogens is 1. The third-order valence-corrected chi connectivity index (χ3v) is 5.56. The molecule has 0 bridgehead atoms. The lowest BCUT2D eigenvalue weighted by molar-refractivity contribution is 0.105. The Bertz CT molecular complexity index is 825. The summed E-state index contributed by atoms with van der Waals surface area (Å²) in [6.07, 6.45) is 2.19. The molecule has 0 amide bonds. The van der Waals surface area contributed by atoms with E-state index in [4.69, 9.17) is 0 Å². The van der Waals surface area contributed by atoms with Gasteiger partial charge in [-0.1, -0.05) is 0 Å². The van der Waals surface area contributed by atoms with Crippen LogP contribution in [0.4, 0.5) is 0 Å². The average Bonchev–Trinajstić information content (AvgIpc) is 2.84. The first kappa shape index (κ1) is 17.1. The van der Waals surface area contributed by atoms with Crippen molar-refractivity contribution in [2.45, 2.75) is 45.4 Å². The number of hydrogen-bond donors (Lipinski definition) is 2. The Morgan fingerprint density at radius 3 is 2.79 bits per heavy atom. The predicted octanol–water partition coefficient (Wildman–Crippen LogP) is 0.808. The second-order valence-electron chi connectivity index (χ2n) is 6.33. The van der Waals surface area contributed by atoms with Crippen molar-refractivity contribution in [3.8, 4) is 0 Å². The van der Waals surface area contributed by atoms with Crippen molar-refractivity contribution in [1.29, 1.82) is 0 Å². The summed E-state index contributed by atoms with van der Waals surface area (Å²) >= 11 is 1.64. The highest BCUT2D eigenvalue weighted by Gasteiger charge is 2.27. The van der Waals surface area contributed by atoms with Crippen LogP contribution >= 0.6 is 11.3 Å². The lowest BCUT2D eigenvalue weighted by Crippen LogP contribution is -2.37. The summed E-state index contributed by atoms with van der Waals surface area (Å²) in [5, 5.41) is 10.5. The number of aryl methyl sites for hydroxylation is 2. The van der Waals surface area contributed by atoms with Crippen molar-refractivity contribution < 1.29 is 5.11 Å². The molecule has 3 heterocycles. The van der Waals surface area contributed by atoms with Gasteiger partial charge in [0, 0.05) is 36.3 Å². The summed E-state index contributed by atoms with van der Waals surface area (Å²) in [6, 6.07) is -0.319. The van der Waals surface area contributed by atoms with Gasteiger partial charge in [-0.2, -0.15) is 0 Å². The lowest BCUT2D eigenvalue weighted by Gasteiger charge is -2.22. The zero-order chi connectivity index (χ0) is 17.3. The molecule has 2 N–H and O–H groups in total. The van der Waals surface area contributed by atoms with E-state index in [9.17, 15) is 14.7 Å². The summed E-state index contributed by atoms with van der Waals surface area (Å²) in [6.45, 7) is 6.03. The molecule has 1 fully saturated rings. The van der Waals surface area contributed by atoms with Gasteiger partial charge in [0.05, 0.1) is 23.4 Å². The maximum absolute atomic E-state index is 12.1. The molecule has 3 rings (SSSR count). The highest BCUT2D eigenvalue weighted by molar-refractivity contribution is 7.09. The monoisotopic (exact) mass is 350 g/mol. The fraction of sp³-hybridized carbons (Fsp3) is 0.562. The number of nitrogens with one attached hydrogen (secondary N) is 1. The largest absolute Gasteiger partial charge is 0.391 e. The second kappa shape index (κ2) is 7.00. The van der Waals surface area contributed by atoms with E-state index in [-0.39, 0.29) is 11.6 Å². The van der Waals surface area contributed by atoms with Crippen LogP contribution in [0.2, 0.25) is 0 Å². The third-order valence-electron chi connectivity index (χ3n) is 4.64. The van der Waals surface area contributed by atoms with Gasteiger partial charge in [0.1, 0.15) is 0 Å². The smallest absolute Gasteiger partial charge is 0.328 e. The molecule has 7 nitrogen and oxygen atoms in total. The van der Waals surface area contributed by atoms with Gasteiger partial charge in [0.25, 0.3) is 5.56 Å². The van der Waals surface area contributed by atoms with Crippen LogP contribution in [0.15, 0.2) is 21.3 Å². The van der Waals surface area contributed by atoms with Crippen LogP contribution in [0.5, 0.6) is 0 Å². The third kappa shape index (κ3) is 3.50. The summed E-state index contributed by atoms with van der Waals surface area (Å²) in [7, 11) is 0. The highest BCUT2D eigenvalue weighted by Crippen LogP contribution is 2.24. The fourth-order valence-electron chi connectivity index (χ4n) is 3.12. The molecule has 8 heteroatoms. The number of hydrogen-bond acceptors (Lipinski definition) is 6. The molecule has 0 aliphatic carbocycles. The minimum Gasteiger partial charge on any atom is -0.391 e. The standard InChI is InChI=1S/C16H22N4O3S/c1-10-7-20(16(23)18-15(10)22)12-3-5-19(6-4-13(12)21)8-14-11(2)17-9-24-14/h7,9,12-13,21H,3-6,8H2,1-2H3,(H,18,22,23)/t12-,13-/m0/s1. The molecular formula is C16H22N4O3S. The summed E-state index contributed by atoms with van der Waals surface area (Å²) in [4.78, 5) is 33.8. The first-order chi connectivity index (χ1) is 11.5. The van der Waals surface area contributed by atoms with Gasteiger partial charge in [-0.3, -0.25) is 19.2 Å². The van der Waals surface area contributed by atoms with E-state index in [1.807, 2.05) is 12.4 Å². The topological polar surface area (TPSA) is 91.2 Å². The van der Waals surface area contributed by atoms with E-state index in [2.05, 4.69) is 14.9 Å². The van der Waals surface area contributed by atoms with Gasteiger partial charge in [-0.15, -0.1) is 11.3 Å². The maximum Gasteiger partial charge on any atom is 0.328 e. The molecule has 0 unspecified atom stereocenters. The number of aromatic amines is 1. The molecule has 24 heavy (non-hydrogen) atoms. The number of aliphatic hydroxyl groups is 1. The number of rotatable bonds is 3. The number of aliphatic hydroxyl groups excluding tert-OH is 1. The Balaban J connectivity index is 1.78. The van der Waals surface area contributed by atoms with Crippen LogP contribution in [-0.4, -0.2) is 43.7 Å². The predicted molar refractivity (Wildman–Crippen MR) is 92.5 cm³/mol. The van der Waals surface area contributed by atoms with Gasteiger partial charge in [0.2, 0.25) is 0 Å². The quantitative estimate of drug-likeness (QED) is 0.855. The minimum absolute atomic E-state index is 0.319. The van der Waals surface area contributed by atoms with E-state index in [1.165, 1.54) is 9.44 Å². The van der Waals surface area contributed by atoms with Gasteiger partial charge in [0.15, 0.2) is 0 Å². The van der Waals surface area contributed by atoms with Crippen LogP contribution in [0, 0.1) is 13.8 Å². The molecule has 2 aromatic rings. The van der Waals surface area contributed by atoms with Crippen LogP contribution < -0.4 is 11.2 Å². The molecule has 2 atom stereocenters. The first-order valence-electron chi connectivity index (χ1n) is 8.07. The van der Waals surface area contributed by atoms with Gasteiger partial charge in [-0.05, 0) is 26.7 Å². The molecular weight excluding hydrogens is 328 g/mol. The molecule has 1 saturated heterocycles. The fourth-order valence-corrected chi connectivity index (χ4v) is 3.94. The number of aromatic nitrogens is 3. The van der Waals surface area contributed by atoms with Crippen LogP contribution in [0.25, 0.3) is 0 Å². The molecule has 130 valence electrons. The van der Waals surface area contributed by atoms with Crippen molar-refractivity contribution in [2.75, 3.05) is 13.1 Å². The zero-order valence-electron chi connectivity index (χ0n) is 13.9. The second-order valence-corrected chi connectivity index (χ2v) is 7.27. The van der Waals surface area contributed by atoms with Crippen molar-refractivity contribution in [1.82, 2.24) is 19.4 Å². The molecule has 0 aromatic carbocycles. The molecule has 0 radical (unpaired) electrons. The van der Waals surface area contributed by atoms with Gasteiger partial charge < -0.3 is 5.11 Å². The number of likely N-dealkylation sites (tertiary alicyclic amines) is 1. The maximum atomic E-state index is 12.1. The molecule has 0 spiro atoms. The Morgan fingerprint density at radius 2 is 2.08 bits per heavy atom. The van der Waals surface area contributed by atoms with E-state index in [0.717, 1.165) is 25.3 Å². The number of thiazole rings is 1. The van der Waals surface area contributed by atoms with Crippen molar-refractivity contribution in [2.24, 2.45) is 0 Å². The Morgan fingerprint density at radius 1 is 1.33 bits per heavy atom. The van der Waals surface area contributed by atoms with Crippen LogP contribution in [0.3, 0.4) is 0 Å². The molecule has 2 aromatic heterocycles. The summed E-state index contributed by atoms with van der Waals surface area (Å²) < 4.78 is 1.48. The summed E-state index contributed by atoms with van der Waals surface area (Å²) in [5.41, 5.74) is 2.54. The Labute approximate surface area is 143 Å². The first-order valence-corrected chi connectivity index (χ1v) is 8.95. The molecule has 1 aliphatic heterocycles. The molecule has 1 aliphatic rings. The van der Waals surface area contributed by atoms with E-state index < -0.39 is 11.8 Å². The minimum atomic E-state index is -0.611. The van der Waals surface area contributed by atoms with Crippen molar-refractivity contribution >= 4 is 11.3 Å². The van der Waals surface area contributed by atoms with Crippen LogP contribution in [0.1, 0.15) is 35.0 Å². The Hall–Kier alpha value is -1.77. The van der Waals surface area contributed by atoms with Crippen molar-refractivity contribution in [3.05, 3.63) is 48.7 Å². The zero-order valence-corrected chi connectivity index (χ0v) is 14.7. The van der Waals surface area contributed by atoms with E-state index in [0.29, 0.717) is 18.4 Å².